The summed E-state index contributed by atoms with van der Waals surface area (Å²) >= 11 is 1.28. The molecule has 3 rings (SSSR count). The lowest BCUT2D eigenvalue weighted by molar-refractivity contribution is -0.120. The molecule has 1 aromatic carbocycles. The molecular formula is C19H22FN3O2S. The standard InChI is InChI=1S/C19H22FN3O2S/c1-11-16(10-13-4-6-14(20)7-5-13)18(25)23(3)19(21-11)26-12(2)17(24)22-15-8-9-15/h4-7,12,15H,8-10H2,1-3H3,(H,22,24). The molecule has 1 aliphatic rings. The smallest absolute Gasteiger partial charge is 0.257 e. The molecule has 7 heteroatoms. The molecule has 5 nitrogen and oxygen atoms in total. The minimum atomic E-state index is -0.323. The van der Waals surface area contributed by atoms with Crippen molar-refractivity contribution in [3.63, 3.8) is 0 Å². The number of hydrogen-bond donors (Lipinski definition) is 1. The summed E-state index contributed by atoms with van der Waals surface area (Å²) in [5.74, 6) is -0.332. The summed E-state index contributed by atoms with van der Waals surface area (Å²) in [7, 11) is 1.66. The van der Waals surface area contributed by atoms with E-state index < -0.39 is 0 Å². The Kier molecular flexibility index (Phi) is 5.46. The molecule has 0 radical (unpaired) electrons. The van der Waals surface area contributed by atoms with E-state index in [4.69, 9.17) is 0 Å². The minimum absolute atomic E-state index is 0.0280. The number of benzene rings is 1. The highest BCUT2D eigenvalue weighted by Gasteiger charge is 2.27. The van der Waals surface area contributed by atoms with Crippen LogP contribution in [0.3, 0.4) is 0 Å². The molecule has 1 unspecified atom stereocenters. The normalized spacial score (nSPS) is 14.9. The largest absolute Gasteiger partial charge is 0.352 e. The number of amides is 1. The number of halogens is 1. The van der Waals surface area contributed by atoms with Gasteiger partial charge >= 0.3 is 0 Å². The first-order chi connectivity index (χ1) is 12.3. The van der Waals surface area contributed by atoms with E-state index in [1.54, 1.807) is 26.1 Å². The summed E-state index contributed by atoms with van der Waals surface area (Å²) in [5, 5.41) is 3.16. The van der Waals surface area contributed by atoms with Crippen molar-refractivity contribution >= 4 is 17.7 Å². The number of hydrogen-bond acceptors (Lipinski definition) is 4. The number of rotatable bonds is 6. The zero-order valence-electron chi connectivity index (χ0n) is 15.1. The Morgan fingerprint density at radius 1 is 1.38 bits per heavy atom. The lowest BCUT2D eigenvalue weighted by Crippen LogP contribution is -2.33. The van der Waals surface area contributed by atoms with Gasteiger partial charge in [0.25, 0.3) is 5.56 Å². The zero-order valence-corrected chi connectivity index (χ0v) is 15.9. The third kappa shape index (κ3) is 4.33. The van der Waals surface area contributed by atoms with Crippen LogP contribution in [0.25, 0.3) is 0 Å². The van der Waals surface area contributed by atoms with Gasteiger partial charge in [0.2, 0.25) is 5.91 Å². The van der Waals surface area contributed by atoms with E-state index in [9.17, 15) is 14.0 Å². The van der Waals surface area contributed by atoms with Crippen LogP contribution in [0, 0.1) is 12.7 Å². The molecule has 0 bridgehead atoms. The second-order valence-electron chi connectivity index (χ2n) is 6.67. The molecule has 1 heterocycles. The first-order valence-electron chi connectivity index (χ1n) is 8.63. The topological polar surface area (TPSA) is 64.0 Å². The van der Waals surface area contributed by atoms with E-state index >= 15 is 0 Å². The van der Waals surface area contributed by atoms with Crippen LogP contribution < -0.4 is 10.9 Å². The fourth-order valence-electron chi connectivity index (χ4n) is 2.60. The third-order valence-electron chi connectivity index (χ3n) is 4.42. The van der Waals surface area contributed by atoms with E-state index in [1.807, 2.05) is 6.92 Å². The highest BCUT2D eigenvalue weighted by molar-refractivity contribution is 8.00. The van der Waals surface area contributed by atoms with E-state index in [0.717, 1.165) is 18.4 Å². The van der Waals surface area contributed by atoms with Crippen LogP contribution in [0.2, 0.25) is 0 Å². The quantitative estimate of drug-likeness (QED) is 0.623. The average molecular weight is 375 g/mol. The van der Waals surface area contributed by atoms with Crippen molar-refractivity contribution in [2.75, 3.05) is 0 Å². The Morgan fingerprint density at radius 3 is 2.65 bits per heavy atom. The van der Waals surface area contributed by atoms with Crippen molar-refractivity contribution in [2.45, 2.75) is 49.6 Å². The van der Waals surface area contributed by atoms with Crippen LogP contribution in [0.1, 0.15) is 36.6 Å². The van der Waals surface area contributed by atoms with Crippen molar-refractivity contribution in [3.05, 3.63) is 57.3 Å². The second kappa shape index (κ2) is 7.61. The summed E-state index contributed by atoms with van der Waals surface area (Å²) in [4.78, 5) is 29.4. The monoisotopic (exact) mass is 375 g/mol. The molecule has 0 saturated heterocycles. The molecule has 1 aliphatic carbocycles. The zero-order chi connectivity index (χ0) is 18.8. The fourth-order valence-corrected chi connectivity index (χ4v) is 3.53. The fraction of sp³-hybridized carbons (Fsp3) is 0.421. The van der Waals surface area contributed by atoms with E-state index in [2.05, 4.69) is 10.3 Å². The maximum absolute atomic E-state index is 13.1. The number of carbonyl (C=O) groups excluding carboxylic acids is 1. The lowest BCUT2D eigenvalue weighted by atomic mass is 10.1. The Bertz CT molecular complexity index is 876. The Balaban J connectivity index is 1.79. The van der Waals surface area contributed by atoms with Crippen LogP contribution in [0.15, 0.2) is 34.2 Å². The third-order valence-corrected chi connectivity index (χ3v) is 5.56. The lowest BCUT2D eigenvalue weighted by Gasteiger charge is -2.15. The summed E-state index contributed by atoms with van der Waals surface area (Å²) in [6, 6.07) is 6.41. The number of aryl methyl sites for hydroxylation is 1. The SMILES string of the molecule is Cc1nc(SC(C)C(=O)NC2CC2)n(C)c(=O)c1Cc1ccc(F)cc1. The highest BCUT2D eigenvalue weighted by atomic mass is 32.2. The van der Waals surface area contributed by atoms with Crippen molar-refractivity contribution < 1.29 is 9.18 Å². The van der Waals surface area contributed by atoms with Gasteiger partial charge in [-0.05, 0) is 44.4 Å². The predicted molar refractivity (Wildman–Crippen MR) is 99.9 cm³/mol. The summed E-state index contributed by atoms with van der Waals surface area (Å²) in [6.45, 7) is 3.61. The molecule has 0 spiro atoms. The first-order valence-corrected chi connectivity index (χ1v) is 9.51. The maximum atomic E-state index is 13.1. The highest BCUT2D eigenvalue weighted by Crippen LogP contribution is 2.24. The van der Waals surface area contributed by atoms with Gasteiger partial charge in [0, 0.05) is 30.8 Å². The molecule has 26 heavy (non-hydrogen) atoms. The van der Waals surface area contributed by atoms with Gasteiger partial charge < -0.3 is 5.32 Å². The number of nitrogens with zero attached hydrogens (tertiary/aromatic N) is 2. The Hall–Kier alpha value is -2.15. The van der Waals surface area contributed by atoms with E-state index in [1.165, 1.54) is 28.5 Å². The molecule has 138 valence electrons. The number of aromatic nitrogens is 2. The number of nitrogens with one attached hydrogen (secondary N) is 1. The van der Waals surface area contributed by atoms with Crippen LogP contribution >= 0.6 is 11.8 Å². The molecule has 1 amide bonds. The van der Waals surface area contributed by atoms with Gasteiger partial charge in [-0.3, -0.25) is 14.2 Å². The summed E-state index contributed by atoms with van der Waals surface area (Å²) < 4.78 is 14.5. The predicted octanol–water partition coefficient (Wildman–Crippen LogP) is 2.58. The number of carbonyl (C=O) groups is 1. The van der Waals surface area contributed by atoms with Crippen molar-refractivity contribution in [1.29, 1.82) is 0 Å². The van der Waals surface area contributed by atoms with E-state index in [-0.39, 0.29) is 22.5 Å². The number of thioether (sulfide) groups is 1. The van der Waals surface area contributed by atoms with Gasteiger partial charge in [0.05, 0.1) is 5.25 Å². The van der Waals surface area contributed by atoms with Crippen molar-refractivity contribution in [3.8, 4) is 0 Å². The molecule has 1 atom stereocenters. The van der Waals surface area contributed by atoms with Crippen molar-refractivity contribution in [1.82, 2.24) is 14.9 Å². The molecule has 1 saturated carbocycles. The first kappa shape index (κ1) is 18.6. The van der Waals surface area contributed by atoms with E-state index in [0.29, 0.717) is 28.9 Å². The maximum Gasteiger partial charge on any atom is 0.257 e. The minimum Gasteiger partial charge on any atom is -0.352 e. The van der Waals surface area contributed by atoms with Gasteiger partial charge in [0.15, 0.2) is 5.16 Å². The molecule has 0 aliphatic heterocycles. The molecule has 1 aromatic heterocycles. The second-order valence-corrected chi connectivity index (χ2v) is 7.98. The van der Waals surface area contributed by atoms with Gasteiger partial charge in [-0.1, -0.05) is 23.9 Å². The molecule has 1 fully saturated rings. The van der Waals surface area contributed by atoms with Crippen molar-refractivity contribution in [2.24, 2.45) is 7.05 Å². The van der Waals surface area contributed by atoms with Gasteiger partial charge in [0.1, 0.15) is 5.82 Å². The van der Waals surface area contributed by atoms with Crippen LogP contribution in [0.4, 0.5) is 4.39 Å². The van der Waals surface area contributed by atoms with Crippen LogP contribution in [0.5, 0.6) is 0 Å². The summed E-state index contributed by atoms with van der Waals surface area (Å²) in [5.41, 5.74) is 1.93. The van der Waals surface area contributed by atoms with Gasteiger partial charge in [-0.15, -0.1) is 0 Å². The molecule has 1 N–H and O–H groups in total. The van der Waals surface area contributed by atoms with Crippen LogP contribution in [-0.4, -0.2) is 26.8 Å². The molecule has 2 aromatic rings. The van der Waals surface area contributed by atoms with Crippen LogP contribution in [-0.2, 0) is 18.3 Å². The van der Waals surface area contributed by atoms with Gasteiger partial charge in [-0.25, -0.2) is 9.37 Å². The van der Waals surface area contributed by atoms with Gasteiger partial charge in [-0.2, -0.15) is 0 Å². The Morgan fingerprint density at radius 2 is 2.04 bits per heavy atom. The average Bonchev–Trinajstić information content (AvgIpc) is 3.42. The molecular weight excluding hydrogens is 353 g/mol. The summed E-state index contributed by atoms with van der Waals surface area (Å²) in [6.07, 6.45) is 2.47. The Labute approximate surface area is 156 Å².